The molecule has 0 aliphatic carbocycles. The summed E-state index contributed by atoms with van der Waals surface area (Å²) in [5.41, 5.74) is 0.122. The summed E-state index contributed by atoms with van der Waals surface area (Å²) in [7, 11) is 0. The van der Waals surface area contributed by atoms with E-state index in [4.69, 9.17) is 0 Å². The van der Waals surface area contributed by atoms with Crippen LogP contribution in [0.15, 0.2) is 29.4 Å². The van der Waals surface area contributed by atoms with Gasteiger partial charge in [0.2, 0.25) is 0 Å². The Morgan fingerprint density at radius 2 is 2.05 bits per heavy atom. The van der Waals surface area contributed by atoms with Gasteiger partial charge in [0.1, 0.15) is 11.6 Å². The highest BCUT2D eigenvalue weighted by Crippen LogP contribution is 2.22. The first-order chi connectivity index (χ1) is 10.0. The van der Waals surface area contributed by atoms with Crippen LogP contribution in [0.4, 0.5) is 4.39 Å². The van der Waals surface area contributed by atoms with Crippen molar-refractivity contribution in [2.75, 3.05) is 5.75 Å². The highest BCUT2D eigenvalue weighted by atomic mass is 32.2. The second-order valence-electron chi connectivity index (χ2n) is 4.93. The van der Waals surface area contributed by atoms with Crippen LogP contribution < -0.4 is 0 Å². The standard InChI is InChI=1S/C15H18FN3OS/c1-4-19-14(10(2)3)17-18-15(19)21-9-13(20)11-7-5-6-8-12(11)16/h5-8,10H,4,9H2,1-3H3. The zero-order chi connectivity index (χ0) is 15.4. The van der Waals surface area contributed by atoms with Crippen molar-refractivity contribution < 1.29 is 9.18 Å². The highest BCUT2D eigenvalue weighted by molar-refractivity contribution is 7.99. The molecule has 112 valence electrons. The molecule has 0 aliphatic heterocycles. The van der Waals surface area contributed by atoms with Gasteiger partial charge < -0.3 is 4.57 Å². The van der Waals surface area contributed by atoms with E-state index in [0.29, 0.717) is 5.16 Å². The SMILES string of the molecule is CCn1c(SCC(=O)c2ccccc2F)nnc1C(C)C. The summed E-state index contributed by atoms with van der Waals surface area (Å²) in [6, 6.07) is 6.03. The number of benzene rings is 1. The van der Waals surface area contributed by atoms with Crippen molar-refractivity contribution in [3.05, 3.63) is 41.5 Å². The summed E-state index contributed by atoms with van der Waals surface area (Å²) >= 11 is 1.29. The van der Waals surface area contributed by atoms with Crippen LogP contribution in [0.5, 0.6) is 0 Å². The van der Waals surface area contributed by atoms with Crippen LogP contribution >= 0.6 is 11.8 Å². The number of halogens is 1. The van der Waals surface area contributed by atoms with E-state index in [0.717, 1.165) is 12.4 Å². The van der Waals surface area contributed by atoms with Crippen LogP contribution in [0, 0.1) is 5.82 Å². The number of hydrogen-bond donors (Lipinski definition) is 0. The minimum Gasteiger partial charge on any atom is -0.306 e. The molecule has 0 unspecified atom stereocenters. The molecule has 0 saturated carbocycles. The largest absolute Gasteiger partial charge is 0.306 e. The lowest BCUT2D eigenvalue weighted by Crippen LogP contribution is -2.08. The summed E-state index contributed by atoms with van der Waals surface area (Å²) in [4.78, 5) is 12.1. The molecule has 2 aromatic rings. The normalized spacial score (nSPS) is 11.1. The Hall–Kier alpha value is -1.69. The Balaban J connectivity index is 2.10. The highest BCUT2D eigenvalue weighted by Gasteiger charge is 2.17. The maximum atomic E-state index is 13.6. The molecule has 2 rings (SSSR count). The Kier molecular flexibility index (Phi) is 5.12. The molecular formula is C15H18FN3OS. The van der Waals surface area contributed by atoms with Crippen LogP contribution in [-0.4, -0.2) is 26.3 Å². The first-order valence-corrected chi connectivity index (χ1v) is 7.86. The molecule has 0 amide bonds. The molecule has 0 fully saturated rings. The monoisotopic (exact) mass is 307 g/mol. The van der Waals surface area contributed by atoms with E-state index in [1.165, 1.54) is 23.9 Å². The number of carbonyl (C=O) groups excluding carboxylic acids is 1. The Bertz CT molecular complexity index is 640. The Morgan fingerprint density at radius 1 is 1.33 bits per heavy atom. The van der Waals surface area contributed by atoms with Crippen LogP contribution in [0.2, 0.25) is 0 Å². The summed E-state index contributed by atoms with van der Waals surface area (Å²) in [5.74, 6) is 0.599. The molecule has 1 aromatic carbocycles. The van der Waals surface area contributed by atoms with E-state index in [-0.39, 0.29) is 23.0 Å². The van der Waals surface area contributed by atoms with Gasteiger partial charge in [-0.1, -0.05) is 37.7 Å². The second kappa shape index (κ2) is 6.85. The number of carbonyl (C=O) groups is 1. The molecule has 0 saturated heterocycles. The molecule has 0 N–H and O–H groups in total. The molecule has 0 aliphatic rings. The van der Waals surface area contributed by atoms with Gasteiger partial charge in [-0.25, -0.2) is 4.39 Å². The fraction of sp³-hybridized carbons (Fsp3) is 0.400. The van der Waals surface area contributed by atoms with Gasteiger partial charge in [0, 0.05) is 12.5 Å². The maximum Gasteiger partial charge on any atom is 0.191 e. The summed E-state index contributed by atoms with van der Waals surface area (Å²) in [6.45, 7) is 6.86. The lowest BCUT2D eigenvalue weighted by molar-refractivity contribution is 0.101. The first kappa shape index (κ1) is 15.7. The van der Waals surface area contributed by atoms with E-state index < -0.39 is 5.82 Å². The van der Waals surface area contributed by atoms with Gasteiger partial charge in [-0.15, -0.1) is 10.2 Å². The number of rotatable bonds is 6. The van der Waals surface area contributed by atoms with Crippen LogP contribution in [0.25, 0.3) is 0 Å². The predicted molar refractivity (Wildman–Crippen MR) is 81.2 cm³/mol. The first-order valence-electron chi connectivity index (χ1n) is 6.88. The van der Waals surface area contributed by atoms with E-state index >= 15 is 0 Å². The zero-order valence-corrected chi connectivity index (χ0v) is 13.2. The van der Waals surface area contributed by atoms with Crippen LogP contribution in [-0.2, 0) is 6.54 Å². The number of hydrogen-bond acceptors (Lipinski definition) is 4. The van der Waals surface area contributed by atoms with Gasteiger partial charge in [-0.3, -0.25) is 4.79 Å². The van der Waals surface area contributed by atoms with Crippen molar-refractivity contribution in [1.29, 1.82) is 0 Å². The van der Waals surface area contributed by atoms with Crippen molar-refractivity contribution in [2.45, 2.75) is 38.4 Å². The minimum atomic E-state index is -0.483. The van der Waals surface area contributed by atoms with E-state index in [9.17, 15) is 9.18 Å². The predicted octanol–water partition coefficient (Wildman–Crippen LogP) is 3.54. The molecule has 1 aromatic heterocycles. The van der Waals surface area contributed by atoms with Gasteiger partial charge in [-0.05, 0) is 19.1 Å². The molecule has 6 heteroatoms. The van der Waals surface area contributed by atoms with Crippen LogP contribution in [0.1, 0.15) is 42.9 Å². The van der Waals surface area contributed by atoms with Crippen molar-refractivity contribution in [2.24, 2.45) is 0 Å². The lowest BCUT2D eigenvalue weighted by Gasteiger charge is -2.09. The molecule has 0 radical (unpaired) electrons. The van der Waals surface area contributed by atoms with Crippen molar-refractivity contribution >= 4 is 17.5 Å². The maximum absolute atomic E-state index is 13.6. The van der Waals surface area contributed by atoms with Crippen molar-refractivity contribution in [1.82, 2.24) is 14.8 Å². The molecule has 1 heterocycles. The number of Topliss-reactive ketones (excluding diaryl/α,β-unsaturated/α-hetero) is 1. The summed E-state index contributed by atoms with van der Waals surface area (Å²) in [5, 5.41) is 8.99. The number of ketones is 1. The quantitative estimate of drug-likeness (QED) is 0.605. The van der Waals surface area contributed by atoms with Gasteiger partial charge >= 0.3 is 0 Å². The smallest absolute Gasteiger partial charge is 0.191 e. The molecular weight excluding hydrogens is 289 g/mol. The van der Waals surface area contributed by atoms with Gasteiger partial charge in [0.05, 0.1) is 11.3 Å². The van der Waals surface area contributed by atoms with E-state index in [2.05, 4.69) is 24.0 Å². The Labute approximate surface area is 127 Å². The van der Waals surface area contributed by atoms with E-state index in [1.54, 1.807) is 12.1 Å². The second-order valence-corrected chi connectivity index (χ2v) is 5.87. The van der Waals surface area contributed by atoms with Gasteiger partial charge in [-0.2, -0.15) is 0 Å². The number of thioether (sulfide) groups is 1. The number of nitrogens with zero attached hydrogens (tertiary/aromatic N) is 3. The molecule has 0 spiro atoms. The number of aromatic nitrogens is 3. The minimum absolute atomic E-state index is 0.122. The van der Waals surface area contributed by atoms with Gasteiger partial charge in [0.25, 0.3) is 0 Å². The van der Waals surface area contributed by atoms with Crippen molar-refractivity contribution in [3.63, 3.8) is 0 Å². The molecule has 21 heavy (non-hydrogen) atoms. The van der Waals surface area contributed by atoms with Gasteiger partial charge in [0.15, 0.2) is 10.9 Å². The zero-order valence-electron chi connectivity index (χ0n) is 12.3. The van der Waals surface area contributed by atoms with Crippen molar-refractivity contribution in [3.8, 4) is 0 Å². The van der Waals surface area contributed by atoms with E-state index in [1.807, 2.05) is 11.5 Å². The topological polar surface area (TPSA) is 47.8 Å². The summed E-state index contributed by atoms with van der Waals surface area (Å²) in [6.07, 6.45) is 0. The average molecular weight is 307 g/mol. The third-order valence-corrected chi connectivity index (χ3v) is 4.05. The fourth-order valence-electron chi connectivity index (χ4n) is 2.03. The average Bonchev–Trinajstić information content (AvgIpc) is 2.88. The van der Waals surface area contributed by atoms with Crippen LogP contribution in [0.3, 0.4) is 0 Å². The summed E-state index contributed by atoms with van der Waals surface area (Å²) < 4.78 is 15.5. The Morgan fingerprint density at radius 3 is 2.67 bits per heavy atom. The molecule has 0 atom stereocenters. The third kappa shape index (κ3) is 3.50. The lowest BCUT2D eigenvalue weighted by atomic mass is 10.1. The fourth-order valence-corrected chi connectivity index (χ4v) is 2.92. The molecule has 4 nitrogen and oxygen atoms in total. The molecule has 0 bridgehead atoms. The third-order valence-electron chi connectivity index (χ3n) is 3.08.